The molecule has 0 fully saturated rings. The van der Waals surface area contributed by atoms with Crippen LogP contribution in [0.1, 0.15) is 37.9 Å². The molecule has 3 aromatic heterocycles. The highest BCUT2D eigenvalue weighted by Gasteiger charge is 2.45. The Morgan fingerprint density at radius 2 is 1.82 bits per heavy atom. The lowest BCUT2D eigenvalue weighted by atomic mass is 9.90. The van der Waals surface area contributed by atoms with E-state index in [9.17, 15) is 14.4 Å². The molecule has 1 aliphatic heterocycles. The number of hydrogen-bond donors (Lipinski definition) is 0. The van der Waals surface area contributed by atoms with Crippen LogP contribution in [-0.4, -0.2) is 46.4 Å². The minimum atomic E-state index is -1.16. The third-order valence-corrected chi connectivity index (χ3v) is 7.33. The van der Waals surface area contributed by atoms with E-state index in [1.165, 1.54) is 6.39 Å². The van der Waals surface area contributed by atoms with E-state index in [1.807, 2.05) is 38.1 Å². The number of benzene rings is 1. The number of furan rings is 1. The summed E-state index contributed by atoms with van der Waals surface area (Å²) in [6.07, 6.45) is 4.82. The number of rotatable bonds is 8. The van der Waals surface area contributed by atoms with E-state index in [1.54, 1.807) is 53.7 Å². The van der Waals surface area contributed by atoms with E-state index in [0.29, 0.717) is 66.6 Å². The second kappa shape index (κ2) is 10.2. The maximum absolute atomic E-state index is 13.2. The van der Waals surface area contributed by atoms with Crippen LogP contribution in [0.2, 0.25) is 0 Å². The lowest BCUT2D eigenvalue weighted by Gasteiger charge is -2.27. The first kappa shape index (κ1) is 26.4. The van der Waals surface area contributed by atoms with Crippen LogP contribution in [-0.2, 0) is 29.2 Å². The molecular weight excluding hydrogens is 498 g/mol. The summed E-state index contributed by atoms with van der Waals surface area (Å²) in [5, 5.41) is 0.563. The quantitative estimate of drug-likeness (QED) is 0.317. The highest BCUT2D eigenvalue weighted by Crippen LogP contribution is 2.39. The number of carbonyl (C=O) groups excluding carboxylic acids is 2. The first-order valence-electron chi connectivity index (χ1n) is 13.0. The molecule has 5 rings (SSSR count). The van der Waals surface area contributed by atoms with E-state index in [-0.39, 0.29) is 17.4 Å². The Morgan fingerprint density at radius 1 is 1.03 bits per heavy atom. The lowest BCUT2D eigenvalue weighted by Crippen LogP contribution is -2.47. The van der Waals surface area contributed by atoms with Crippen LogP contribution >= 0.6 is 0 Å². The monoisotopic (exact) mass is 531 g/mol. The standard InChI is InChI=1S/C29H33N5O5/c1-6-34-23-8-7-20(14-24(23)31(5)27(36)29(3,4)28(34)37)16-32(17-21-15-30-18-38-21)11-12-33-10-9-25-22(26(33)35)13-19(2)39-25/h7-10,13-15,18H,6,11-12,16-17H2,1-5H3. The van der Waals surface area contributed by atoms with Crippen molar-refractivity contribution < 1.29 is 18.4 Å². The van der Waals surface area contributed by atoms with Gasteiger partial charge in [-0.25, -0.2) is 4.98 Å². The highest BCUT2D eigenvalue weighted by atomic mass is 16.3. The van der Waals surface area contributed by atoms with Gasteiger partial charge in [0.05, 0.1) is 29.5 Å². The van der Waals surface area contributed by atoms with Crippen LogP contribution in [0.4, 0.5) is 11.4 Å². The summed E-state index contributed by atoms with van der Waals surface area (Å²) in [5.74, 6) is 0.945. The largest absolute Gasteiger partial charge is 0.461 e. The van der Waals surface area contributed by atoms with Crippen molar-refractivity contribution in [1.29, 1.82) is 0 Å². The molecule has 1 aliphatic rings. The van der Waals surface area contributed by atoms with Gasteiger partial charge in [0, 0.05) is 39.4 Å². The Labute approximate surface area is 226 Å². The number of pyridine rings is 1. The summed E-state index contributed by atoms with van der Waals surface area (Å²) in [6.45, 7) is 9.57. The Morgan fingerprint density at radius 3 is 2.54 bits per heavy atom. The molecule has 4 heterocycles. The lowest BCUT2D eigenvalue weighted by molar-refractivity contribution is -0.137. The number of fused-ring (bicyclic) bond motifs is 2. The van der Waals surface area contributed by atoms with Gasteiger partial charge in [-0.2, -0.15) is 0 Å². The highest BCUT2D eigenvalue weighted by molar-refractivity contribution is 6.19. The van der Waals surface area contributed by atoms with Crippen LogP contribution in [0.5, 0.6) is 0 Å². The van der Waals surface area contributed by atoms with E-state index in [2.05, 4.69) is 9.88 Å². The van der Waals surface area contributed by atoms with Gasteiger partial charge in [0.1, 0.15) is 22.5 Å². The van der Waals surface area contributed by atoms with Gasteiger partial charge in [0.2, 0.25) is 11.8 Å². The Kier molecular flexibility index (Phi) is 6.90. The fraction of sp³-hybridized carbons (Fsp3) is 0.379. The molecule has 0 saturated heterocycles. The second-order valence-electron chi connectivity index (χ2n) is 10.5. The Balaban J connectivity index is 1.43. The smallest absolute Gasteiger partial charge is 0.261 e. The zero-order valence-corrected chi connectivity index (χ0v) is 22.9. The second-order valence-corrected chi connectivity index (χ2v) is 10.5. The average Bonchev–Trinajstić information content (AvgIpc) is 3.56. The van der Waals surface area contributed by atoms with Gasteiger partial charge in [0.25, 0.3) is 5.56 Å². The molecule has 0 atom stereocenters. The summed E-state index contributed by atoms with van der Waals surface area (Å²) in [5.41, 5.74) is 1.69. The molecule has 2 amide bonds. The van der Waals surface area contributed by atoms with Crippen LogP contribution < -0.4 is 15.4 Å². The molecule has 0 spiro atoms. The minimum absolute atomic E-state index is 0.0962. The van der Waals surface area contributed by atoms with Crippen molar-refractivity contribution in [2.45, 2.75) is 47.3 Å². The number of hydrogen-bond acceptors (Lipinski definition) is 7. The number of aryl methyl sites for hydroxylation is 1. The molecule has 0 saturated carbocycles. The topological polar surface area (TPSA) is 105 Å². The number of oxazole rings is 1. The molecule has 4 aromatic rings. The van der Waals surface area contributed by atoms with Gasteiger partial charge in [0.15, 0.2) is 6.39 Å². The maximum atomic E-state index is 13.2. The predicted molar refractivity (Wildman–Crippen MR) is 147 cm³/mol. The molecule has 0 radical (unpaired) electrons. The molecule has 10 nitrogen and oxygen atoms in total. The minimum Gasteiger partial charge on any atom is -0.461 e. The summed E-state index contributed by atoms with van der Waals surface area (Å²) in [7, 11) is 1.71. The first-order chi connectivity index (χ1) is 18.6. The predicted octanol–water partition coefficient (Wildman–Crippen LogP) is 3.95. The van der Waals surface area contributed by atoms with Crippen LogP contribution in [0.15, 0.2) is 62.7 Å². The first-order valence-corrected chi connectivity index (χ1v) is 13.0. The van der Waals surface area contributed by atoms with E-state index >= 15 is 0 Å². The summed E-state index contributed by atoms with van der Waals surface area (Å²) >= 11 is 0. The SMILES string of the molecule is CCN1C(=O)C(C)(C)C(=O)N(C)c2cc(CN(CCn3ccc4oc(C)cc4c3=O)Cc3cnco3)ccc21. The van der Waals surface area contributed by atoms with Crippen molar-refractivity contribution >= 4 is 34.2 Å². The van der Waals surface area contributed by atoms with Crippen molar-refractivity contribution in [3.05, 3.63) is 76.6 Å². The van der Waals surface area contributed by atoms with Gasteiger partial charge < -0.3 is 23.2 Å². The Hall–Kier alpha value is -4.18. The van der Waals surface area contributed by atoms with Crippen molar-refractivity contribution in [1.82, 2.24) is 14.5 Å². The molecule has 204 valence electrons. The van der Waals surface area contributed by atoms with Gasteiger partial charge in [-0.15, -0.1) is 0 Å². The van der Waals surface area contributed by atoms with Crippen LogP contribution in [0.25, 0.3) is 11.0 Å². The molecule has 10 heteroatoms. The van der Waals surface area contributed by atoms with Gasteiger partial charge in [-0.3, -0.25) is 19.3 Å². The normalized spacial score (nSPS) is 15.3. The third kappa shape index (κ3) is 4.87. The number of anilines is 2. The van der Waals surface area contributed by atoms with Gasteiger partial charge in [-0.1, -0.05) is 6.07 Å². The average molecular weight is 532 g/mol. The molecule has 0 aliphatic carbocycles. The van der Waals surface area contributed by atoms with Gasteiger partial charge in [-0.05, 0) is 57.5 Å². The van der Waals surface area contributed by atoms with Crippen LogP contribution in [0.3, 0.4) is 0 Å². The van der Waals surface area contributed by atoms with E-state index in [0.717, 1.165) is 5.56 Å². The van der Waals surface area contributed by atoms with Crippen molar-refractivity contribution in [2.24, 2.45) is 5.41 Å². The molecule has 39 heavy (non-hydrogen) atoms. The van der Waals surface area contributed by atoms with E-state index in [4.69, 9.17) is 8.83 Å². The van der Waals surface area contributed by atoms with Crippen molar-refractivity contribution in [3.63, 3.8) is 0 Å². The molecular formula is C29H33N5O5. The van der Waals surface area contributed by atoms with E-state index < -0.39 is 5.41 Å². The summed E-state index contributed by atoms with van der Waals surface area (Å²) < 4.78 is 12.8. The molecule has 0 unspecified atom stereocenters. The summed E-state index contributed by atoms with van der Waals surface area (Å²) in [6, 6.07) is 9.42. The number of carbonyl (C=O) groups is 2. The zero-order valence-electron chi connectivity index (χ0n) is 22.9. The van der Waals surface area contributed by atoms with Gasteiger partial charge >= 0.3 is 0 Å². The molecule has 0 N–H and O–H groups in total. The number of aromatic nitrogens is 2. The fourth-order valence-electron chi connectivity index (χ4n) is 5.19. The molecule has 0 bridgehead atoms. The summed E-state index contributed by atoms with van der Waals surface area (Å²) in [4.78, 5) is 48.9. The zero-order chi connectivity index (χ0) is 27.9. The maximum Gasteiger partial charge on any atom is 0.261 e. The van der Waals surface area contributed by atoms with Crippen LogP contribution in [0, 0.1) is 12.3 Å². The van der Waals surface area contributed by atoms with Crippen molar-refractivity contribution in [3.8, 4) is 0 Å². The Bertz CT molecular complexity index is 1580. The van der Waals surface area contributed by atoms with Crippen molar-refractivity contribution in [2.75, 3.05) is 29.9 Å². The number of amides is 2. The fourth-order valence-corrected chi connectivity index (χ4v) is 5.19. The third-order valence-electron chi connectivity index (χ3n) is 7.33. The molecule has 1 aromatic carbocycles. The number of nitrogens with zero attached hydrogens (tertiary/aromatic N) is 5.